The Morgan fingerprint density at radius 3 is 2.71 bits per heavy atom. The van der Waals surface area contributed by atoms with E-state index in [4.69, 9.17) is 0 Å². The van der Waals surface area contributed by atoms with Crippen LogP contribution in [0.2, 0.25) is 0 Å². The first-order valence-corrected chi connectivity index (χ1v) is 12.1. The van der Waals surface area contributed by atoms with Gasteiger partial charge >= 0.3 is 0 Å². The molecule has 0 bridgehead atoms. The molecule has 4 aliphatic rings. The highest BCUT2D eigenvalue weighted by Crippen LogP contribution is 2.67. The topological polar surface area (TPSA) is 37.3 Å². The van der Waals surface area contributed by atoms with Crippen LogP contribution in [0.15, 0.2) is 11.6 Å². The summed E-state index contributed by atoms with van der Waals surface area (Å²) in [6.07, 6.45) is 15.5. The highest BCUT2D eigenvalue weighted by molar-refractivity contribution is 5.75. The van der Waals surface area contributed by atoms with Gasteiger partial charge in [-0.3, -0.25) is 0 Å². The van der Waals surface area contributed by atoms with Gasteiger partial charge in [0.25, 0.3) is 0 Å². The van der Waals surface area contributed by atoms with Crippen molar-refractivity contribution in [1.82, 2.24) is 0 Å². The van der Waals surface area contributed by atoms with Crippen molar-refractivity contribution in [3.8, 4) is 0 Å². The van der Waals surface area contributed by atoms with Gasteiger partial charge in [-0.1, -0.05) is 38.8 Å². The molecule has 4 rings (SSSR count). The number of allylic oxidation sites excluding steroid dienone is 1. The van der Waals surface area contributed by atoms with Crippen LogP contribution >= 0.6 is 0 Å². The minimum absolute atomic E-state index is 0.101. The van der Waals surface area contributed by atoms with Crippen LogP contribution in [0.3, 0.4) is 0 Å². The second-order valence-electron chi connectivity index (χ2n) is 11.5. The third-order valence-electron chi connectivity index (χ3n) is 10.0. The first-order chi connectivity index (χ1) is 13.3. The van der Waals surface area contributed by atoms with E-state index >= 15 is 0 Å². The summed E-state index contributed by atoms with van der Waals surface area (Å²) in [5.74, 6) is 4.52. The lowest BCUT2D eigenvalue weighted by molar-refractivity contribution is -0.117. The molecule has 0 unspecified atom stereocenters. The van der Waals surface area contributed by atoms with Crippen molar-refractivity contribution >= 4 is 5.78 Å². The van der Waals surface area contributed by atoms with E-state index in [-0.39, 0.29) is 6.10 Å². The number of hydrogen-bond donors (Lipinski definition) is 1. The maximum atomic E-state index is 11.3. The summed E-state index contributed by atoms with van der Waals surface area (Å²) in [7, 11) is 0. The number of aliphatic hydroxyl groups excluding tert-OH is 1. The van der Waals surface area contributed by atoms with Gasteiger partial charge in [0, 0.05) is 6.42 Å². The fraction of sp³-hybridized carbons (Fsp3) is 0.885. The molecule has 8 atom stereocenters. The Labute approximate surface area is 172 Å². The second-order valence-corrected chi connectivity index (χ2v) is 11.5. The van der Waals surface area contributed by atoms with Gasteiger partial charge in [0.15, 0.2) is 0 Å². The number of hydrogen-bond acceptors (Lipinski definition) is 2. The van der Waals surface area contributed by atoms with Crippen LogP contribution in [-0.2, 0) is 4.79 Å². The first kappa shape index (κ1) is 20.6. The molecule has 158 valence electrons. The van der Waals surface area contributed by atoms with Crippen LogP contribution in [0, 0.1) is 40.4 Å². The average molecular weight is 387 g/mol. The molecular formula is C26H42O2. The summed E-state index contributed by atoms with van der Waals surface area (Å²) in [5.41, 5.74) is 2.45. The van der Waals surface area contributed by atoms with Crippen molar-refractivity contribution in [2.45, 2.75) is 104 Å². The number of carbonyl (C=O) groups excluding carboxylic acids is 1. The van der Waals surface area contributed by atoms with Gasteiger partial charge in [-0.05, 0) is 105 Å². The Bertz CT molecular complexity index is 636. The van der Waals surface area contributed by atoms with E-state index in [1.165, 1.54) is 44.9 Å². The number of Topliss-reactive ketones (excluding diaryl/α,β-unsaturated/α-hetero) is 1. The molecule has 0 heterocycles. The zero-order valence-electron chi connectivity index (χ0n) is 18.7. The van der Waals surface area contributed by atoms with Crippen molar-refractivity contribution in [3.05, 3.63) is 11.6 Å². The lowest BCUT2D eigenvalue weighted by atomic mass is 9.47. The van der Waals surface area contributed by atoms with Gasteiger partial charge in [-0.2, -0.15) is 0 Å². The van der Waals surface area contributed by atoms with E-state index in [0.29, 0.717) is 16.6 Å². The Morgan fingerprint density at radius 2 is 1.96 bits per heavy atom. The predicted octanol–water partition coefficient (Wildman–Crippen LogP) is 6.32. The normalized spacial score (nSPS) is 46.2. The van der Waals surface area contributed by atoms with Gasteiger partial charge in [0.05, 0.1) is 6.10 Å². The lowest BCUT2D eigenvalue weighted by Crippen LogP contribution is -2.50. The predicted molar refractivity (Wildman–Crippen MR) is 115 cm³/mol. The summed E-state index contributed by atoms with van der Waals surface area (Å²) in [4.78, 5) is 11.3. The summed E-state index contributed by atoms with van der Waals surface area (Å²) >= 11 is 0. The van der Waals surface area contributed by atoms with Crippen molar-refractivity contribution in [3.63, 3.8) is 0 Å². The first-order valence-electron chi connectivity index (χ1n) is 12.1. The van der Waals surface area contributed by atoms with Gasteiger partial charge in [0.2, 0.25) is 0 Å². The molecule has 0 aromatic heterocycles. The molecule has 2 nitrogen and oxygen atoms in total. The lowest BCUT2D eigenvalue weighted by Gasteiger charge is -2.58. The maximum absolute atomic E-state index is 11.3. The number of fused-ring (bicyclic) bond motifs is 5. The van der Waals surface area contributed by atoms with E-state index in [0.717, 1.165) is 55.3 Å². The van der Waals surface area contributed by atoms with Crippen LogP contribution in [-0.4, -0.2) is 17.0 Å². The van der Waals surface area contributed by atoms with Crippen LogP contribution in [0.5, 0.6) is 0 Å². The smallest absolute Gasteiger partial charge is 0.129 e. The standard InChI is InChI=1S/C26H42O2/c1-17(6-5-7-18(2)27)22-10-11-23-21-9-8-19-16-20(28)12-14-25(19,3)24(21)13-15-26(22,23)4/h8,17,20-24,28H,5-7,9-16H2,1-4H3/t17-,20-,21+,22-,23-,24+,25-,26+/m0/s1. The van der Waals surface area contributed by atoms with E-state index in [2.05, 4.69) is 26.8 Å². The van der Waals surface area contributed by atoms with Gasteiger partial charge < -0.3 is 9.90 Å². The average Bonchev–Trinajstić information content (AvgIpc) is 2.99. The molecule has 28 heavy (non-hydrogen) atoms. The third-order valence-corrected chi connectivity index (χ3v) is 10.0. The molecule has 2 heteroatoms. The van der Waals surface area contributed by atoms with E-state index in [1.54, 1.807) is 12.5 Å². The number of aliphatic hydroxyl groups is 1. The zero-order chi connectivity index (χ0) is 20.1. The molecule has 0 aromatic carbocycles. The molecule has 0 spiro atoms. The van der Waals surface area contributed by atoms with Crippen LogP contribution in [0.1, 0.15) is 98.3 Å². The molecule has 0 aromatic rings. The van der Waals surface area contributed by atoms with Crippen molar-refractivity contribution < 1.29 is 9.90 Å². The zero-order valence-corrected chi connectivity index (χ0v) is 18.7. The third kappa shape index (κ3) is 3.32. The summed E-state index contributed by atoms with van der Waals surface area (Å²) in [6.45, 7) is 9.35. The minimum atomic E-state index is -0.101. The van der Waals surface area contributed by atoms with Crippen LogP contribution < -0.4 is 0 Å². The summed E-state index contributed by atoms with van der Waals surface area (Å²) < 4.78 is 0. The fourth-order valence-electron chi connectivity index (χ4n) is 8.49. The Kier molecular flexibility index (Phi) is 5.57. The van der Waals surface area contributed by atoms with Crippen LogP contribution in [0.4, 0.5) is 0 Å². The van der Waals surface area contributed by atoms with E-state index < -0.39 is 0 Å². The van der Waals surface area contributed by atoms with Crippen molar-refractivity contribution in [1.29, 1.82) is 0 Å². The van der Waals surface area contributed by atoms with E-state index in [9.17, 15) is 9.90 Å². The van der Waals surface area contributed by atoms with Crippen molar-refractivity contribution in [2.75, 3.05) is 0 Å². The maximum Gasteiger partial charge on any atom is 0.129 e. The SMILES string of the molecule is CC(=O)CCC[C@H](C)[C@@H]1CC[C@H]2[C@H]3CC=C4C[C@@H](O)CC[C@]4(C)[C@@H]3CC[C@@]21C. The highest BCUT2D eigenvalue weighted by atomic mass is 16.3. The Hall–Kier alpha value is -0.630. The largest absolute Gasteiger partial charge is 0.393 e. The quantitative estimate of drug-likeness (QED) is 0.561. The number of rotatable bonds is 5. The molecule has 4 aliphatic carbocycles. The molecule has 0 amide bonds. The number of carbonyl (C=O) groups is 1. The van der Waals surface area contributed by atoms with E-state index in [1.807, 2.05) is 0 Å². The monoisotopic (exact) mass is 386 g/mol. The highest BCUT2D eigenvalue weighted by Gasteiger charge is 2.59. The van der Waals surface area contributed by atoms with Gasteiger partial charge in [0.1, 0.15) is 5.78 Å². The van der Waals surface area contributed by atoms with Gasteiger partial charge in [-0.25, -0.2) is 0 Å². The summed E-state index contributed by atoms with van der Waals surface area (Å²) in [6, 6.07) is 0. The molecule has 3 fully saturated rings. The molecule has 0 saturated heterocycles. The molecule has 1 N–H and O–H groups in total. The minimum Gasteiger partial charge on any atom is -0.393 e. The number of ketones is 1. The van der Waals surface area contributed by atoms with Crippen molar-refractivity contribution in [2.24, 2.45) is 40.4 Å². The fourth-order valence-corrected chi connectivity index (χ4v) is 8.49. The molecule has 0 aliphatic heterocycles. The Morgan fingerprint density at radius 1 is 1.18 bits per heavy atom. The van der Waals surface area contributed by atoms with Crippen LogP contribution in [0.25, 0.3) is 0 Å². The summed E-state index contributed by atoms with van der Waals surface area (Å²) in [5, 5.41) is 10.2. The second kappa shape index (κ2) is 7.56. The Balaban J connectivity index is 1.50. The molecule has 3 saturated carbocycles. The molecule has 0 radical (unpaired) electrons. The van der Waals surface area contributed by atoms with Gasteiger partial charge in [-0.15, -0.1) is 0 Å². The molecular weight excluding hydrogens is 344 g/mol.